The average Bonchev–Trinajstić information content (AvgIpc) is 2.73. The van der Waals surface area contributed by atoms with Crippen LogP contribution in [0.2, 0.25) is 0 Å². The Morgan fingerprint density at radius 2 is 1.70 bits per heavy atom. The molecule has 5 rings (SSSR count). The molecule has 0 aromatic heterocycles. The number of hydrogen-bond acceptors (Lipinski definition) is 2. The molecule has 9 unspecified atom stereocenters. The molecule has 5 aliphatic carbocycles. The molecule has 33 heavy (non-hydrogen) atoms. The predicted octanol–water partition coefficient (Wildman–Crippen LogP) is 7.15. The molecule has 4 fully saturated rings. The zero-order chi connectivity index (χ0) is 24.1. The average molecular weight is 455 g/mol. The van der Waals surface area contributed by atoms with Crippen LogP contribution in [0.5, 0.6) is 0 Å². The van der Waals surface area contributed by atoms with Crippen molar-refractivity contribution in [1.29, 1.82) is 0 Å². The summed E-state index contributed by atoms with van der Waals surface area (Å²) in [4.78, 5) is 25.1. The molecule has 1 N–H and O–H groups in total. The molecule has 3 nitrogen and oxygen atoms in total. The van der Waals surface area contributed by atoms with Crippen molar-refractivity contribution in [1.82, 2.24) is 0 Å². The fourth-order valence-electron chi connectivity index (χ4n) is 10.7. The summed E-state index contributed by atoms with van der Waals surface area (Å²) in [6.45, 7) is 16.8. The number of hydrogen-bond donors (Lipinski definition) is 1. The van der Waals surface area contributed by atoms with Crippen LogP contribution < -0.4 is 0 Å². The van der Waals surface area contributed by atoms with Crippen molar-refractivity contribution in [3.63, 3.8) is 0 Å². The minimum atomic E-state index is -0.574. The fourth-order valence-corrected chi connectivity index (χ4v) is 10.7. The van der Waals surface area contributed by atoms with Crippen LogP contribution in [-0.2, 0) is 9.59 Å². The number of ketones is 1. The monoisotopic (exact) mass is 454 g/mol. The first-order valence-corrected chi connectivity index (χ1v) is 13.8. The highest BCUT2D eigenvalue weighted by molar-refractivity contribution is 5.85. The van der Waals surface area contributed by atoms with Crippen molar-refractivity contribution in [3.05, 3.63) is 11.6 Å². The number of Topliss-reactive ketones (excluding diaryl/α,β-unsaturated/α-hetero) is 1. The standard InChI is InChI=1S/C30H46O3/c1-17-16-20(26(32)33)19-10-14-29(6)21(25(19)18(17)2)8-9-23-28(5)13-12-24(31)27(3,4)22(28)11-15-30(23,29)7/h8,17-20,22-23,25H,9-16H2,1-7H3,(H,32,33)/t17?,18?,19?,20-,22?,23?,25?,28?,29?,30?/m1/s1. The van der Waals surface area contributed by atoms with E-state index in [1.165, 1.54) is 6.42 Å². The van der Waals surface area contributed by atoms with Crippen LogP contribution in [0.4, 0.5) is 0 Å². The molecule has 0 aromatic rings. The zero-order valence-electron chi connectivity index (χ0n) is 22.0. The molecule has 0 aliphatic heterocycles. The number of carboxylic acid groups (broad SMARTS) is 1. The molecular formula is C30H46O3. The Kier molecular flexibility index (Phi) is 5.15. The molecular weight excluding hydrogens is 408 g/mol. The number of aliphatic carboxylic acids is 1. The second kappa shape index (κ2) is 7.20. The van der Waals surface area contributed by atoms with Crippen molar-refractivity contribution < 1.29 is 14.7 Å². The van der Waals surface area contributed by atoms with E-state index in [9.17, 15) is 14.7 Å². The van der Waals surface area contributed by atoms with Gasteiger partial charge in [-0.15, -0.1) is 0 Å². The Hall–Kier alpha value is -1.12. The van der Waals surface area contributed by atoms with Gasteiger partial charge in [0.25, 0.3) is 0 Å². The van der Waals surface area contributed by atoms with E-state index in [0.717, 1.165) is 44.9 Å². The minimum Gasteiger partial charge on any atom is -0.481 e. The molecule has 184 valence electrons. The molecule has 3 heteroatoms. The molecule has 5 aliphatic rings. The van der Waals surface area contributed by atoms with Gasteiger partial charge in [0.05, 0.1) is 5.92 Å². The third-order valence-electron chi connectivity index (χ3n) is 13.0. The van der Waals surface area contributed by atoms with E-state index in [-0.39, 0.29) is 27.6 Å². The van der Waals surface area contributed by atoms with Gasteiger partial charge in [0.2, 0.25) is 0 Å². The summed E-state index contributed by atoms with van der Waals surface area (Å²) in [5.74, 6) is 2.52. The quantitative estimate of drug-likeness (QED) is 0.428. The summed E-state index contributed by atoms with van der Waals surface area (Å²) in [5.41, 5.74) is 1.99. The van der Waals surface area contributed by atoms with Crippen LogP contribution >= 0.6 is 0 Å². The summed E-state index contributed by atoms with van der Waals surface area (Å²) < 4.78 is 0. The van der Waals surface area contributed by atoms with E-state index >= 15 is 0 Å². The maximum Gasteiger partial charge on any atom is 0.306 e. The number of fused-ring (bicyclic) bond motifs is 7. The topological polar surface area (TPSA) is 54.4 Å². The van der Waals surface area contributed by atoms with Gasteiger partial charge in [0.15, 0.2) is 0 Å². The molecule has 0 radical (unpaired) electrons. The third kappa shape index (κ3) is 2.86. The molecule has 0 amide bonds. The lowest BCUT2D eigenvalue weighted by Crippen LogP contribution is -2.64. The first-order chi connectivity index (χ1) is 15.3. The molecule has 4 saturated carbocycles. The van der Waals surface area contributed by atoms with Crippen LogP contribution in [0.1, 0.15) is 99.8 Å². The highest BCUT2D eigenvalue weighted by atomic mass is 16.4. The van der Waals surface area contributed by atoms with Gasteiger partial charge in [-0.2, -0.15) is 0 Å². The second-order valence-electron chi connectivity index (χ2n) is 14.2. The van der Waals surface area contributed by atoms with E-state index < -0.39 is 5.97 Å². The van der Waals surface area contributed by atoms with Gasteiger partial charge in [0, 0.05) is 11.8 Å². The van der Waals surface area contributed by atoms with Crippen molar-refractivity contribution >= 4 is 11.8 Å². The highest BCUT2D eigenvalue weighted by Gasteiger charge is 2.67. The van der Waals surface area contributed by atoms with Crippen LogP contribution in [0.3, 0.4) is 0 Å². The Morgan fingerprint density at radius 3 is 2.36 bits per heavy atom. The van der Waals surface area contributed by atoms with E-state index in [2.05, 4.69) is 54.5 Å². The Balaban J connectivity index is 1.58. The minimum absolute atomic E-state index is 0.144. The van der Waals surface area contributed by atoms with Crippen molar-refractivity contribution in [2.24, 2.45) is 63.1 Å². The van der Waals surface area contributed by atoms with Gasteiger partial charge < -0.3 is 5.11 Å². The largest absolute Gasteiger partial charge is 0.481 e. The van der Waals surface area contributed by atoms with Crippen LogP contribution in [0, 0.1) is 63.1 Å². The lowest BCUT2D eigenvalue weighted by Gasteiger charge is -2.70. The molecule has 0 aromatic carbocycles. The van der Waals surface area contributed by atoms with E-state index in [4.69, 9.17) is 0 Å². The first kappa shape index (κ1) is 23.6. The number of allylic oxidation sites excluding steroid dienone is 2. The summed E-state index contributed by atoms with van der Waals surface area (Å²) in [6.07, 6.45) is 10.9. The maximum atomic E-state index is 12.9. The summed E-state index contributed by atoms with van der Waals surface area (Å²) in [5, 5.41) is 10.1. The third-order valence-corrected chi connectivity index (χ3v) is 13.0. The van der Waals surface area contributed by atoms with E-state index in [0.29, 0.717) is 41.3 Å². The molecule has 0 saturated heterocycles. The fraction of sp³-hybridized carbons (Fsp3) is 0.867. The van der Waals surface area contributed by atoms with Crippen LogP contribution in [0.25, 0.3) is 0 Å². The zero-order valence-corrected chi connectivity index (χ0v) is 22.0. The van der Waals surface area contributed by atoms with Crippen molar-refractivity contribution in [3.8, 4) is 0 Å². The number of carbonyl (C=O) groups is 2. The molecule has 0 heterocycles. The molecule has 10 atom stereocenters. The van der Waals surface area contributed by atoms with Gasteiger partial charge in [-0.25, -0.2) is 0 Å². The Labute approximate surface area is 201 Å². The lowest BCUT2D eigenvalue weighted by atomic mass is 9.34. The lowest BCUT2D eigenvalue weighted by molar-refractivity contribution is -0.184. The SMILES string of the molecule is CC1C[C@@H](C(=O)O)C2CCC3(C)C(=CCC4C5(C)CCC(=O)C(C)(C)C5CCC43C)C2C1C. The summed E-state index contributed by atoms with van der Waals surface area (Å²) in [7, 11) is 0. The van der Waals surface area contributed by atoms with Gasteiger partial charge >= 0.3 is 5.97 Å². The summed E-state index contributed by atoms with van der Waals surface area (Å²) in [6, 6.07) is 0. The second-order valence-corrected chi connectivity index (χ2v) is 14.2. The molecule has 0 spiro atoms. The number of rotatable bonds is 1. The van der Waals surface area contributed by atoms with Crippen LogP contribution in [0.15, 0.2) is 11.6 Å². The van der Waals surface area contributed by atoms with Crippen molar-refractivity contribution in [2.45, 2.75) is 99.8 Å². The van der Waals surface area contributed by atoms with Gasteiger partial charge in [-0.3, -0.25) is 9.59 Å². The smallest absolute Gasteiger partial charge is 0.306 e. The Bertz CT molecular complexity index is 900. The summed E-state index contributed by atoms with van der Waals surface area (Å²) >= 11 is 0. The van der Waals surface area contributed by atoms with Gasteiger partial charge in [-0.05, 0) is 96.7 Å². The highest BCUT2D eigenvalue weighted by Crippen LogP contribution is 2.74. The van der Waals surface area contributed by atoms with Crippen molar-refractivity contribution in [2.75, 3.05) is 0 Å². The van der Waals surface area contributed by atoms with Crippen LogP contribution in [-0.4, -0.2) is 16.9 Å². The normalized spacial score (nSPS) is 53.1. The van der Waals surface area contributed by atoms with E-state index in [1.807, 2.05) is 0 Å². The van der Waals surface area contributed by atoms with E-state index in [1.54, 1.807) is 5.57 Å². The van der Waals surface area contributed by atoms with Gasteiger partial charge in [0.1, 0.15) is 5.78 Å². The number of carboxylic acids is 1. The Morgan fingerprint density at radius 1 is 1.00 bits per heavy atom. The maximum absolute atomic E-state index is 12.9. The molecule has 0 bridgehead atoms. The first-order valence-electron chi connectivity index (χ1n) is 13.8. The predicted molar refractivity (Wildman–Crippen MR) is 132 cm³/mol. The van der Waals surface area contributed by atoms with Gasteiger partial charge in [-0.1, -0.05) is 60.1 Å². The number of carbonyl (C=O) groups excluding carboxylic acids is 1.